The minimum absolute atomic E-state index is 0.185. The average molecular weight is 391 g/mol. The van der Waals surface area contributed by atoms with E-state index < -0.39 is 5.82 Å². The molecular formula is C19H20BrFN2O. The normalized spacial score (nSPS) is 14.0. The van der Waals surface area contributed by atoms with Crippen LogP contribution >= 0.6 is 15.9 Å². The van der Waals surface area contributed by atoms with Crippen LogP contribution < -0.4 is 5.32 Å². The van der Waals surface area contributed by atoms with Crippen molar-refractivity contribution < 1.29 is 9.18 Å². The molecule has 1 fully saturated rings. The van der Waals surface area contributed by atoms with E-state index in [2.05, 4.69) is 57.3 Å². The number of nitrogens with zero attached hydrogens (tertiary/aromatic N) is 1. The molecule has 0 atom stereocenters. The lowest BCUT2D eigenvalue weighted by Gasteiger charge is -2.21. The first-order valence-corrected chi connectivity index (χ1v) is 8.85. The minimum Gasteiger partial charge on any atom is -0.322 e. The van der Waals surface area contributed by atoms with Gasteiger partial charge in [0.1, 0.15) is 5.82 Å². The highest BCUT2D eigenvalue weighted by Crippen LogP contribution is 2.28. The van der Waals surface area contributed by atoms with Crippen molar-refractivity contribution in [2.45, 2.75) is 32.4 Å². The molecule has 0 spiro atoms. The smallest absolute Gasteiger partial charge is 0.238 e. The number of hydrogen-bond acceptors (Lipinski definition) is 2. The van der Waals surface area contributed by atoms with E-state index in [9.17, 15) is 9.18 Å². The van der Waals surface area contributed by atoms with Gasteiger partial charge < -0.3 is 5.32 Å². The topological polar surface area (TPSA) is 32.3 Å². The summed E-state index contributed by atoms with van der Waals surface area (Å²) >= 11 is 3.21. The third-order valence-corrected chi connectivity index (χ3v) is 4.61. The van der Waals surface area contributed by atoms with Gasteiger partial charge in [0, 0.05) is 17.1 Å². The minimum atomic E-state index is -0.436. The Hall–Kier alpha value is -1.72. The van der Waals surface area contributed by atoms with E-state index in [0.717, 1.165) is 19.4 Å². The molecule has 0 unspecified atom stereocenters. The van der Waals surface area contributed by atoms with Crippen LogP contribution in [0.1, 0.15) is 24.0 Å². The van der Waals surface area contributed by atoms with Crippen molar-refractivity contribution in [1.29, 1.82) is 0 Å². The summed E-state index contributed by atoms with van der Waals surface area (Å²) in [6.07, 6.45) is 2.23. The number of rotatable bonds is 6. The molecule has 2 aromatic carbocycles. The Balaban J connectivity index is 1.62. The summed E-state index contributed by atoms with van der Waals surface area (Å²) in [5.41, 5.74) is 2.63. The van der Waals surface area contributed by atoms with Gasteiger partial charge in [-0.1, -0.05) is 45.8 Å². The number of carbonyl (C=O) groups excluding carboxylic acids is 1. The van der Waals surface area contributed by atoms with Crippen LogP contribution in [0.5, 0.6) is 0 Å². The van der Waals surface area contributed by atoms with Crippen molar-refractivity contribution in [3.05, 3.63) is 63.9 Å². The molecule has 0 aliphatic heterocycles. The monoisotopic (exact) mass is 390 g/mol. The first-order valence-electron chi connectivity index (χ1n) is 8.06. The molecule has 24 heavy (non-hydrogen) atoms. The largest absolute Gasteiger partial charge is 0.322 e. The number of halogens is 2. The molecular weight excluding hydrogens is 371 g/mol. The van der Waals surface area contributed by atoms with Gasteiger partial charge >= 0.3 is 0 Å². The number of anilines is 1. The van der Waals surface area contributed by atoms with Crippen LogP contribution in [-0.2, 0) is 11.3 Å². The molecule has 3 nitrogen and oxygen atoms in total. The number of amides is 1. The van der Waals surface area contributed by atoms with Crippen LogP contribution in [0.4, 0.5) is 10.1 Å². The summed E-state index contributed by atoms with van der Waals surface area (Å²) < 4.78 is 14.5. The highest BCUT2D eigenvalue weighted by molar-refractivity contribution is 9.10. The van der Waals surface area contributed by atoms with E-state index in [1.165, 1.54) is 17.2 Å². The Kier molecular flexibility index (Phi) is 5.31. The van der Waals surface area contributed by atoms with Crippen LogP contribution in [0.2, 0.25) is 0 Å². The second-order valence-electron chi connectivity index (χ2n) is 6.29. The number of nitrogens with one attached hydrogen (secondary N) is 1. The van der Waals surface area contributed by atoms with Crippen LogP contribution in [-0.4, -0.2) is 23.4 Å². The number of hydrogen-bond donors (Lipinski definition) is 1. The molecule has 0 bridgehead atoms. The molecule has 0 heterocycles. The second-order valence-corrected chi connectivity index (χ2v) is 7.21. The summed E-state index contributed by atoms with van der Waals surface area (Å²) in [5, 5.41) is 2.67. The zero-order valence-corrected chi connectivity index (χ0v) is 15.1. The summed E-state index contributed by atoms with van der Waals surface area (Å²) in [5.74, 6) is -0.621. The Morgan fingerprint density at radius 2 is 1.96 bits per heavy atom. The highest BCUT2D eigenvalue weighted by atomic mass is 79.9. The first-order chi connectivity index (χ1) is 11.5. The fourth-order valence-electron chi connectivity index (χ4n) is 2.65. The first kappa shape index (κ1) is 17.1. The van der Waals surface area contributed by atoms with E-state index in [1.54, 1.807) is 12.1 Å². The Bertz CT molecular complexity index is 729. The molecule has 1 amide bonds. The fraction of sp³-hybridized carbons (Fsp3) is 0.316. The summed E-state index contributed by atoms with van der Waals surface area (Å²) in [6.45, 7) is 3.07. The van der Waals surface area contributed by atoms with Gasteiger partial charge in [-0.25, -0.2) is 4.39 Å². The van der Waals surface area contributed by atoms with Gasteiger partial charge in [-0.2, -0.15) is 0 Å². The van der Waals surface area contributed by atoms with Gasteiger partial charge in [0.15, 0.2) is 0 Å². The predicted molar refractivity (Wildman–Crippen MR) is 97.3 cm³/mol. The quantitative estimate of drug-likeness (QED) is 0.787. The molecule has 0 saturated heterocycles. The van der Waals surface area contributed by atoms with Gasteiger partial charge in [0.05, 0.1) is 12.2 Å². The van der Waals surface area contributed by atoms with E-state index in [4.69, 9.17) is 0 Å². The van der Waals surface area contributed by atoms with Crippen molar-refractivity contribution in [1.82, 2.24) is 4.90 Å². The van der Waals surface area contributed by atoms with Crippen LogP contribution in [0.15, 0.2) is 46.9 Å². The van der Waals surface area contributed by atoms with Gasteiger partial charge in [0.2, 0.25) is 5.91 Å². The third kappa shape index (κ3) is 4.65. The highest BCUT2D eigenvalue weighted by Gasteiger charge is 2.30. The SMILES string of the molecule is Cc1ccc(CN(CC(=O)Nc2ccc(Br)cc2F)C2CC2)cc1. The number of aryl methyl sites for hydroxylation is 1. The maximum absolute atomic E-state index is 13.8. The van der Waals surface area contributed by atoms with Gasteiger partial charge in [0.25, 0.3) is 0 Å². The zero-order valence-electron chi connectivity index (χ0n) is 13.6. The summed E-state index contributed by atoms with van der Waals surface area (Å²) in [6, 6.07) is 13.4. The summed E-state index contributed by atoms with van der Waals surface area (Å²) in [7, 11) is 0. The molecule has 1 aliphatic carbocycles. The van der Waals surface area contributed by atoms with Gasteiger partial charge in [-0.05, 0) is 43.5 Å². The maximum Gasteiger partial charge on any atom is 0.238 e. The molecule has 1 saturated carbocycles. The molecule has 0 radical (unpaired) electrons. The van der Waals surface area contributed by atoms with Crippen molar-refractivity contribution >= 4 is 27.5 Å². The van der Waals surface area contributed by atoms with Crippen molar-refractivity contribution in [3.8, 4) is 0 Å². The molecule has 1 aliphatic rings. The van der Waals surface area contributed by atoms with Crippen LogP contribution in [0.25, 0.3) is 0 Å². The third-order valence-electron chi connectivity index (χ3n) is 4.12. The lowest BCUT2D eigenvalue weighted by Crippen LogP contribution is -2.34. The zero-order chi connectivity index (χ0) is 17.1. The molecule has 0 aromatic heterocycles. The lowest BCUT2D eigenvalue weighted by atomic mass is 10.1. The van der Waals surface area contributed by atoms with E-state index in [0.29, 0.717) is 10.5 Å². The fourth-order valence-corrected chi connectivity index (χ4v) is 2.98. The van der Waals surface area contributed by atoms with Crippen molar-refractivity contribution in [2.24, 2.45) is 0 Å². The van der Waals surface area contributed by atoms with Crippen molar-refractivity contribution in [3.63, 3.8) is 0 Å². The van der Waals surface area contributed by atoms with Gasteiger partial charge in [-0.3, -0.25) is 9.69 Å². The lowest BCUT2D eigenvalue weighted by molar-refractivity contribution is -0.117. The predicted octanol–water partition coefficient (Wildman–Crippen LogP) is 4.50. The molecule has 1 N–H and O–H groups in total. The number of carbonyl (C=O) groups is 1. The van der Waals surface area contributed by atoms with Crippen LogP contribution in [0, 0.1) is 12.7 Å². The Morgan fingerprint density at radius 1 is 1.25 bits per heavy atom. The summed E-state index contributed by atoms with van der Waals surface area (Å²) in [4.78, 5) is 14.5. The van der Waals surface area contributed by atoms with E-state index in [1.807, 2.05) is 0 Å². The average Bonchev–Trinajstić information content (AvgIpc) is 3.36. The Labute approximate surface area is 150 Å². The molecule has 3 rings (SSSR count). The van der Waals surface area contributed by atoms with Crippen LogP contribution in [0.3, 0.4) is 0 Å². The van der Waals surface area contributed by atoms with Gasteiger partial charge in [-0.15, -0.1) is 0 Å². The number of benzene rings is 2. The molecule has 5 heteroatoms. The Morgan fingerprint density at radius 3 is 2.58 bits per heavy atom. The maximum atomic E-state index is 13.8. The standard InChI is InChI=1S/C19H20BrFN2O/c1-13-2-4-14(5-3-13)11-23(16-7-8-16)12-19(24)22-18-9-6-15(20)10-17(18)21/h2-6,9-10,16H,7-8,11-12H2,1H3,(H,22,24). The van der Waals surface area contributed by atoms with E-state index in [-0.39, 0.29) is 18.1 Å². The second kappa shape index (κ2) is 7.45. The molecule has 2 aromatic rings. The molecule has 126 valence electrons. The van der Waals surface area contributed by atoms with Crippen molar-refractivity contribution in [2.75, 3.05) is 11.9 Å². The van der Waals surface area contributed by atoms with E-state index >= 15 is 0 Å².